The number of nitrogens with zero attached hydrogens (tertiary/aromatic N) is 2. The number of aromatic nitrogens is 2. The number of hydrogen-bond acceptors (Lipinski definition) is 2. The van der Waals surface area contributed by atoms with Gasteiger partial charge in [0, 0.05) is 22.9 Å². The molecule has 126 valence electrons. The maximum Gasteiger partial charge on any atom is 0.109 e. The average Bonchev–Trinajstić information content (AvgIpc) is 2.93. The van der Waals surface area contributed by atoms with Crippen LogP contribution in [0.2, 0.25) is 5.02 Å². The molecular formula is C20H23ClN2S. The maximum atomic E-state index is 5.92. The first-order chi connectivity index (χ1) is 11.7. The second-order valence-electron chi connectivity index (χ2n) is 6.03. The number of unbranched alkanes of at least 4 members (excludes halogenated alkanes) is 1. The summed E-state index contributed by atoms with van der Waals surface area (Å²) >= 11 is 7.82. The smallest absolute Gasteiger partial charge is 0.109 e. The minimum Gasteiger partial charge on any atom is -0.328 e. The Morgan fingerprint density at radius 1 is 1.08 bits per heavy atom. The van der Waals surface area contributed by atoms with E-state index in [2.05, 4.69) is 48.7 Å². The van der Waals surface area contributed by atoms with E-state index < -0.39 is 0 Å². The van der Waals surface area contributed by atoms with Crippen LogP contribution >= 0.6 is 23.4 Å². The second kappa shape index (κ2) is 8.09. The fourth-order valence-electron chi connectivity index (χ4n) is 2.89. The normalized spacial score (nSPS) is 11.3. The highest BCUT2D eigenvalue weighted by molar-refractivity contribution is 7.99. The van der Waals surface area contributed by atoms with E-state index in [1.54, 1.807) is 0 Å². The van der Waals surface area contributed by atoms with Crippen LogP contribution in [0.4, 0.5) is 0 Å². The van der Waals surface area contributed by atoms with Crippen LogP contribution in [0, 0.1) is 6.92 Å². The van der Waals surface area contributed by atoms with E-state index in [9.17, 15) is 0 Å². The standard InChI is InChI=1S/C20H23ClN2S/c1-3-20-22-18-11-6-15(2)14-19(18)23(20)12-4-5-13-24-17-9-7-16(21)8-10-17/h6-11,14H,3-5,12-13H2,1-2H3. The molecule has 1 aromatic heterocycles. The molecule has 0 radical (unpaired) electrons. The van der Waals surface area contributed by atoms with Crippen molar-refractivity contribution < 1.29 is 0 Å². The topological polar surface area (TPSA) is 17.8 Å². The number of aryl methyl sites for hydroxylation is 3. The Bertz CT molecular complexity index is 808. The van der Waals surface area contributed by atoms with Gasteiger partial charge in [-0.3, -0.25) is 0 Å². The molecule has 0 unspecified atom stereocenters. The lowest BCUT2D eigenvalue weighted by Gasteiger charge is -2.08. The largest absolute Gasteiger partial charge is 0.328 e. The molecule has 0 aliphatic carbocycles. The molecule has 0 atom stereocenters. The van der Waals surface area contributed by atoms with E-state index in [-0.39, 0.29) is 0 Å². The van der Waals surface area contributed by atoms with Crippen LogP contribution in [-0.2, 0) is 13.0 Å². The van der Waals surface area contributed by atoms with Crippen molar-refractivity contribution in [2.45, 2.75) is 44.6 Å². The number of imidazole rings is 1. The molecule has 3 rings (SSSR count). The Kier molecular flexibility index (Phi) is 5.85. The molecule has 0 aliphatic heterocycles. The van der Waals surface area contributed by atoms with Gasteiger partial charge in [-0.15, -0.1) is 11.8 Å². The van der Waals surface area contributed by atoms with Crippen LogP contribution < -0.4 is 0 Å². The molecule has 1 heterocycles. The number of rotatable bonds is 7. The summed E-state index contributed by atoms with van der Waals surface area (Å²) in [7, 11) is 0. The predicted molar refractivity (Wildman–Crippen MR) is 105 cm³/mol. The summed E-state index contributed by atoms with van der Waals surface area (Å²) in [5.41, 5.74) is 3.69. The highest BCUT2D eigenvalue weighted by atomic mass is 35.5. The first kappa shape index (κ1) is 17.4. The van der Waals surface area contributed by atoms with E-state index in [1.165, 1.54) is 34.6 Å². The minimum absolute atomic E-state index is 0.800. The van der Waals surface area contributed by atoms with Gasteiger partial charge >= 0.3 is 0 Å². The molecule has 4 heteroatoms. The van der Waals surface area contributed by atoms with Crippen molar-refractivity contribution in [1.82, 2.24) is 9.55 Å². The Labute approximate surface area is 153 Å². The number of thioether (sulfide) groups is 1. The van der Waals surface area contributed by atoms with Crippen LogP contribution in [0.3, 0.4) is 0 Å². The van der Waals surface area contributed by atoms with Gasteiger partial charge in [-0.05, 0) is 67.5 Å². The lowest BCUT2D eigenvalue weighted by atomic mass is 10.2. The van der Waals surface area contributed by atoms with Crippen LogP contribution in [-0.4, -0.2) is 15.3 Å². The number of benzene rings is 2. The molecule has 0 spiro atoms. The summed E-state index contributed by atoms with van der Waals surface area (Å²) in [6.07, 6.45) is 3.35. The van der Waals surface area contributed by atoms with Crippen LogP contribution in [0.15, 0.2) is 47.4 Å². The minimum atomic E-state index is 0.800. The molecule has 0 fully saturated rings. The zero-order valence-electron chi connectivity index (χ0n) is 14.3. The summed E-state index contributed by atoms with van der Waals surface area (Å²) in [6, 6.07) is 14.6. The average molecular weight is 359 g/mol. The third-order valence-electron chi connectivity index (χ3n) is 4.16. The zero-order chi connectivity index (χ0) is 16.9. The lowest BCUT2D eigenvalue weighted by molar-refractivity contribution is 0.622. The Hall–Kier alpha value is -1.45. The van der Waals surface area contributed by atoms with Crippen molar-refractivity contribution in [3.05, 3.63) is 58.9 Å². The summed E-state index contributed by atoms with van der Waals surface area (Å²) in [4.78, 5) is 6.06. The van der Waals surface area contributed by atoms with E-state index in [0.29, 0.717) is 0 Å². The first-order valence-corrected chi connectivity index (χ1v) is 9.88. The number of halogens is 1. The molecular weight excluding hydrogens is 336 g/mol. The molecule has 0 bridgehead atoms. The quantitative estimate of drug-likeness (QED) is 0.373. The summed E-state index contributed by atoms with van der Waals surface area (Å²) in [6.45, 7) is 5.37. The molecule has 2 nitrogen and oxygen atoms in total. The fraction of sp³-hybridized carbons (Fsp3) is 0.350. The predicted octanol–water partition coefficient (Wildman–Crippen LogP) is 6.13. The Balaban J connectivity index is 1.57. The van der Waals surface area contributed by atoms with E-state index in [0.717, 1.165) is 29.3 Å². The van der Waals surface area contributed by atoms with E-state index in [1.807, 2.05) is 23.9 Å². The first-order valence-electron chi connectivity index (χ1n) is 8.51. The van der Waals surface area contributed by atoms with Crippen molar-refractivity contribution in [3.63, 3.8) is 0 Å². The van der Waals surface area contributed by atoms with Crippen LogP contribution in [0.1, 0.15) is 31.2 Å². The van der Waals surface area contributed by atoms with Crippen LogP contribution in [0.25, 0.3) is 11.0 Å². The molecule has 24 heavy (non-hydrogen) atoms. The highest BCUT2D eigenvalue weighted by Gasteiger charge is 2.09. The van der Waals surface area contributed by atoms with Crippen molar-refractivity contribution in [1.29, 1.82) is 0 Å². The van der Waals surface area contributed by atoms with Gasteiger partial charge in [-0.2, -0.15) is 0 Å². The SMILES string of the molecule is CCc1nc2ccc(C)cc2n1CCCCSc1ccc(Cl)cc1. The summed E-state index contributed by atoms with van der Waals surface area (Å²) < 4.78 is 2.40. The van der Waals surface area contributed by atoms with Crippen molar-refractivity contribution in [2.75, 3.05) is 5.75 Å². The monoisotopic (exact) mass is 358 g/mol. The number of hydrogen-bond donors (Lipinski definition) is 0. The van der Waals surface area contributed by atoms with Gasteiger partial charge in [0.15, 0.2) is 0 Å². The van der Waals surface area contributed by atoms with Gasteiger partial charge in [0.1, 0.15) is 5.82 Å². The molecule has 0 saturated heterocycles. The molecule has 0 N–H and O–H groups in total. The van der Waals surface area contributed by atoms with Gasteiger partial charge in [0.05, 0.1) is 11.0 Å². The third-order valence-corrected chi connectivity index (χ3v) is 5.51. The molecule has 0 saturated carbocycles. The zero-order valence-corrected chi connectivity index (χ0v) is 15.8. The molecule has 3 aromatic rings. The Morgan fingerprint density at radius 2 is 1.88 bits per heavy atom. The third kappa shape index (κ3) is 4.14. The number of fused-ring (bicyclic) bond motifs is 1. The van der Waals surface area contributed by atoms with Crippen LogP contribution in [0.5, 0.6) is 0 Å². The van der Waals surface area contributed by atoms with Crippen molar-refractivity contribution in [2.24, 2.45) is 0 Å². The molecule has 0 amide bonds. The van der Waals surface area contributed by atoms with E-state index >= 15 is 0 Å². The summed E-state index contributed by atoms with van der Waals surface area (Å²) in [5, 5.41) is 0.800. The van der Waals surface area contributed by atoms with Gasteiger partial charge in [-0.1, -0.05) is 24.6 Å². The van der Waals surface area contributed by atoms with Gasteiger partial charge in [0.25, 0.3) is 0 Å². The van der Waals surface area contributed by atoms with E-state index in [4.69, 9.17) is 16.6 Å². The van der Waals surface area contributed by atoms with Gasteiger partial charge in [0.2, 0.25) is 0 Å². The second-order valence-corrected chi connectivity index (χ2v) is 7.64. The maximum absolute atomic E-state index is 5.92. The van der Waals surface area contributed by atoms with Gasteiger partial charge in [-0.25, -0.2) is 4.98 Å². The van der Waals surface area contributed by atoms with Crippen molar-refractivity contribution >= 4 is 34.4 Å². The Morgan fingerprint density at radius 3 is 2.62 bits per heavy atom. The lowest BCUT2D eigenvalue weighted by Crippen LogP contribution is -2.03. The van der Waals surface area contributed by atoms with Crippen molar-refractivity contribution in [3.8, 4) is 0 Å². The van der Waals surface area contributed by atoms with Gasteiger partial charge < -0.3 is 4.57 Å². The molecule has 2 aromatic carbocycles. The molecule has 0 aliphatic rings. The summed E-state index contributed by atoms with van der Waals surface area (Å²) in [5.74, 6) is 2.33. The fourth-order valence-corrected chi connectivity index (χ4v) is 3.93. The highest BCUT2D eigenvalue weighted by Crippen LogP contribution is 2.23.